The molecule has 2 aromatic heterocycles. The Morgan fingerprint density at radius 3 is 2.95 bits per heavy atom. The molecule has 1 fully saturated rings. The number of hydrogen-bond donors (Lipinski definition) is 1. The van der Waals surface area contributed by atoms with Crippen molar-refractivity contribution in [2.45, 2.75) is 39.2 Å². The van der Waals surface area contributed by atoms with Crippen molar-refractivity contribution in [3.8, 4) is 0 Å². The molecule has 5 nitrogen and oxygen atoms in total. The molecule has 1 N–H and O–H groups in total. The second-order valence-corrected chi connectivity index (χ2v) is 6.10. The number of aromatic nitrogens is 3. The number of aryl methyl sites for hydroxylation is 2. The molecule has 0 radical (unpaired) electrons. The molecular weight excluding hydrogens is 276 g/mol. The smallest absolute Gasteiger partial charge is 0.251 e. The van der Waals surface area contributed by atoms with Crippen molar-refractivity contribution in [3.63, 3.8) is 0 Å². The van der Waals surface area contributed by atoms with E-state index in [0.29, 0.717) is 11.7 Å². The number of nitrogens with one attached hydrogen (secondary N) is 1. The summed E-state index contributed by atoms with van der Waals surface area (Å²) in [5.41, 5.74) is 3.02. The zero-order valence-electron chi connectivity index (χ0n) is 13.2. The molecule has 0 spiro atoms. The first-order chi connectivity index (χ1) is 10.6. The molecule has 1 aliphatic rings. The Morgan fingerprint density at radius 2 is 2.18 bits per heavy atom. The van der Waals surface area contributed by atoms with E-state index in [1.54, 1.807) is 6.07 Å². The van der Waals surface area contributed by atoms with Crippen LogP contribution in [0.3, 0.4) is 0 Å². The lowest BCUT2D eigenvalue weighted by molar-refractivity contribution is 0.196. The van der Waals surface area contributed by atoms with Gasteiger partial charge in [0.25, 0.3) is 5.56 Å². The van der Waals surface area contributed by atoms with Gasteiger partial charge in [-0.2, -0.15) is 0 Å². The van der Waals surface area contributed by atoms with E-state index < -0.39 is 0 Å². The van der Waals surface area contributed by atoms with Gasteiger partial charge >= 0.3 is 0 Å². The first kappa shape index (κ1) is 14.9. The SMILES string of the molecule is Cc1cccc(CN2CCC[C@H](c3cc(=O)[nH]c(C)n3)C2)n1. The highest BCUT2D eigenvalue weighted by Gasteiger charge is 2.23. The number of nitrogens with zero attached hydrogens (tertiary/aromatic N) is 3. The molecule has 3 rings (SSSR count). The average molecular weight is 298 g/mol. The first-order valence-corrected chi connectivity index (χ1v) is 7.83. The molecule has 1 aliphatic heterocycles. The van der Waals surface area contributed by atoms with Gasteiger partial charge < -0.3 is 4.98 Å². The molecule has 1 atom stereocenters. The highest BCUT2D eigenvalue weighted by molar-refractivity contribution is 5.12. The van der Waals surface area contributed by atoms with E-state index in [1.165, 1.54) is 0 Å². The van der Waals surface area contributed by atoms with Gasteiger partial charge in [0.15, 0.2) is 0 Å². The zero-order valence-corrected chi connectivity index (χ0v) is 13.2. The van der Waals surface area contributed by atoms with Crippen molar-refractivity contribution >= 4 is 0 Å². The van der Waals surface area contributed by atoms with Crippen LogP contribution in [-0.4, -0.2) is 32.9 Å². The molecule has 0 bridgehead atoms. The summed E-state index contributed by atoms with van der Waals surface area (Å²) in [6.07, 6.45) is 2.22. The van der Waals surface area contributed by atoms with Crippen LogP contribution < -0.4 is 5.56 Å². The highest BCUT2D eigenvalue weighted by Crippen LogP contribution is 2.25. The van der Waals surface area contributed by atoms with Gasteiger partial charge in [0.1, 0.15) is 5.82 Å². The third kappa shape index (κ3) is 3.60. The Hall–Kier alpha value is -2.01. The number of likely N-dealkylation sites (tertiary alicyclic amines) is 1. The molecule has 5 heteroatoms. The van der Waals surface area contributed by atoms with Crippen LogP contribution in [0, 0.1) is 13.8 Å². The van der Waals surface area contributed by atoms with E-state index in [2.05, 4.69) is 32.0 Å². The number of H-pyrrole nitrogens is 1. The summed E-state index contributed by atoms with van der Waals surface area (Å²) in [7, 11) is 0. The van der Waals surface area contributed by atoms with Crippen LogP contribution in [-0.2, 0) is 6.54 Å². The lowest BCUT2D eigenvalue weighted by atomic mass is 9.94. The molecule has 2 aromatic rings. The molecule has 0 aliphatic carbocycles. The summed E-state index contributed by atoms with van der Waals surface area (Å²) in [5.74, 6) is 1.03. The van der Waals surface area contributed by atoms with Crippen LogP contribution in [0.2, 0.25) is 0 Å². The van der Waals surface area contributed by atoms with Crippen LogP contribution in [0.4, 0.5) is 0 Å². The van der Waals surface area contributed by atoms with Crippen molar-refractivity contribution in [2.75, 3.05) is 13.1 Å². The minimum absolute atomic E-state index is 0.0556. The third-order valence-electron chi connectivity index (χ3n) is 4.14. The topological polar surface area (TPSA) is 61.9 Å². The Balaban J connectivity index is 1.72. The molecule has 22 heavy (non-hydrogen) atoms. The zero-order chi connectivity index (χ0) is 15.5. The molecular formula is C17H22N4O. The minimum atomic E-state index is -0.0556. The second-order valence-electron chi connectivity index (χ2n) is 6.10. The van der Waals surface area contributed by atoms with Gasteiger partial charge in [-0.05, 0) is 45.4 Å². The molecule has 0 aromatic carbocycles. The van der Waals surface area contributed by atoms with Gasteiger partial charge in [0.05, 0.1) is 11.4 Å². The van der Waals surface area contributed by atoms with Crippen LogP contribution in [0.15, 0.2) is 29.1 Å². The Labute approximate surface area is 130 Å². The summed E-state index contributed by atoms with van der Waals surface area (Å²) in [6, 6.07) is 7.80. The Morgan fingerprint density at radius 1 is 1.32 bits per heavy atom. The van der Waals surface area contributed by atoms with Crippen molar-refractivity contribution in [2.24, 2.45) is 0 Å². The summed E-state index contributed by atoms with van der Waals surface area (Å²) in [5, 5.41) is 0. The maximum Gasteiger partial charge on any atom is 0.251 e. The summed E-state index contributed by atoms with van der Waals surface area (Å²) in [6.45, 7) is 6.73. The van der Waals surface area contributed by atoms with Crippen molar-refractivity contribution in [1.29, 1.82) is 0 Å². The van der Waals surface area contributed by atoms with E-state index >= 15 is 0 Å². The van der Waals surface area contributed by atoms with Gasteiger partial charge in [-0.1, -0.05) is 6.07 Å². The molecule has 0 unspecified atom stereocenters. The fourth-order valence-corrected chi connectivity index (χ4v) is 3.17. The maximum absolute atomic E-state index is 11.6. The van der Waals surface area contributed by atoms with Crippen molar-refractivity contribution in [1.82, 2.24) is 19.9 Å². The number of piperidine rings is 1. The largest absolute Gasteiger partial charge is 0.311 e. The Kier molecular flexibility index (Phi) is 4.34. The predicted octanol–water partition coefficient (Wildman–Crippen LogP) is 2.16. The fourth-order valence-electron chi connectivity index (χ4n) is 3.17. The quantitative estimate of drug-likeness (QED) is 0.943. The maximum atomic E-state index is 11.6. The van der Waals surface area contributed by atoms with E-state index in [0.717, 1.165) is 49.6 Å². The number of hydrogen-bond acceptors (Lipinski definition) is 4. The van der Waals surface area contributed by atoms with Gasteiger partial charge in [-0.15, -0.1) is 0 Å². The molecule has 1 saturated heterocycles. The van der Waals surface area contributed by atoms with Crippen molar-refractivity contribution < 1.29 is 0 Å². The monoisotopic (exact) mass is 298 g/mol. The van der Waals surface area contributed by atoms with Crippen LogP contribution in [0.5, 0.6) is 0 Å². The summed E-state index contributed by atoms with van der Waals surface area (Å²) in [4.78, 5) is 25.9. The number of pyridine rings is 1. The van der Waals surface area contributed by atoms with Crippen LogP contribution >= 0.6 is 0 Å². The lowest BCUT2D eigenvalue weighted by Crippen LogP contribution is -2.35. The highest BCUT2D eigenvalue weighted by atomic mass is 16.1. The molecule has 116 valence electrons. The first-order valence-electron chi connectivity index (χ1n) is 7.83. The minimum Gasteiger partial charge on any atom is -0.311 e. The van der Waals surface area contributed by atoms with Crippen LogP contribution in [0.1, 0.15) is 41.7 Å². The van der Waals surface area contributed by atoms with E-state index in [-0.39, 0.29) is 5.56 Å². The van der Waals surface area contributed by atoms with Gasteiger partial charge in [-0.25, -0.2) is 4.98 Å². The summed E-state index contributed by atoms with van der Waals surface area (Å²) >= 11 is 0. The predicted molar refractivity (Wildman–Crippen MR) is 85.8 cm³/mol. The van der Waals surface area contributed by atoms with E-state index in [9.17, 15) is 4.79 Å². The standard InChI is InChI=1S/C17H22N4O/c1-12-5-3-7-15(18-12)11-21-8-4-6-14(10-21)16-9-17(22)20-13(2)19-16/h3,5,7,9,14H,4,6,8,10-11H2,1-2H3,(H,19,20,22)/t14-/m0/s1. The van der Waals surface area contributed by atoms with Gasteiger partial charge in [-0.3, -0.25) is 14.7 Å². The number of rotatable bonds is 3. The molecule has 0 amide bonds. The van der Waals surface area contributed by atoms with Gasteiger partial charge in [0.2, 0.25) is 0 Å². The van der Waals surface area contributed by atoms with Gasteiger partial charge in [0, 0.05) is 30.8 Å². The van der Waals surface area contributed by atoms with E-state index in [1.807, 2.05) is 19.9 Å². The third-order valence-corrected chi connectivity index (χ3v) is 4.14. The van der Waals surface area contributed by atoms with E-state index in [4.69, 9.17) is 0 Å². The molecule has 3 heterocycles. The normalized spacial score (nSPS) is 19.3. The molecule has 0 saturated carbocycles. The van der Waals surface area contributed by atoms with Crippen molar-refractivity contribution in [3.05, 3.63) is 57.5 Å². The second kappa shape index (κ2) is 6.40. The Bertz CT molecular complexity index is 710. The number of aromatic amines is 1. The lowest BCUT2D eigenvalue weighted by Gasteiger charge is -2.32. The average Bonchev–Trinajstić information content (AvgIpc) is 2.46. The fraction of sp³-hybridized carbons (Fsp3) is 0.471. The van der Waals surface area contributed by atoms with Crippen LogP contribution in [0.25, 0.3) is 0 Å². The summed E-state index contributed by atoms with van der Waals surface area (Å²) < 4.78 is 0.